The molecule has 1 aliphatic carbocycles. The van der Waals surface area contributed by atoms with Gasteiger partial charge in [0, 0.05) is 31.1 Å². The maximum absolute atomic E-state index is 12.9. The number of hydrogen-bond donors (Lipinski definition) is 0. The predicted octanol–water partition coefficient (Wildman–Crippen LogP) is 3.13. The first kappa shape index (κ1) is 19.6. The van der Waals surface area contributed by atoms with E-state index in [2.05, 4.69) is 33.8 Å². The van der Waals surface area contributed by atoms with Crippen LogP contribution in [0.25, 0.3) is 0 Å². The Morgan fingerprint density at radius 1 is 1.19 bits per heavy atom. The number of nitrogens with zero attached hydrogens (tertiary/aromatic N) is 2. The van der Waals surface area contributed by atoms with Gasteiger partial charge in [0.1, 0.15) is 4.21 Å². The van der Waals surface area contributed by atoms with Crippen LogP contribution in [0.5, 0.6) is 0 Å². The number of carbonyl (C=O) groups excluding carboxylic acids is 1. The lowest BCUT2D eigenvalue weighted by molar-refractivity contribution is -0.134. The largest absolute Gasteiger partial charge is 0.340 e. The molecule has 1 saturated heterocycles. The first-order chi connectivity index (χ1) is 12.0. The highest BCUT2D eigenvalue weighted by atomic mass is 32.2. The van der Waals surface area contributed by atoms with Gasteiger partial charge in [0.05, 0.1) is 5.92 Å². The molecule has 5 nitrogen and oxygen atoms in total. The van der Waals surface area contributed by atoms with Gasteiger partial charge < -0.3 is 4.90 Å². The van der Waals surface area contributed by atoms with Crippen molar-refractivity contribution in [1.82, 2.24) is 9.21 Å². The molecule has 0 bridgehead atoms. The third-order valence-electron chi connectivity index (χ3n) is 5.55. The van der Waals surface area contributed by atoms with E-state index >= 15 is 0 Å². The predicted molar refractivity (Wildman–Crippen MR) is 105 cm³/mol. The molecule has 0 radical (unpaired) electrons. The maximum atomic E-state index is 12.9. The van der Waals surface area contributed by atoms with E-state index in [-0.39, 0.29) is 23.2 Å². The Hall–Kier alpha value is -1.18. The number of carbonyl (C=O) groups is 1. The lowest BCUT2D eigenvalue weighted by Crippen LogP contribution is -2.51. The fourth-order valence-corrected chi connectivity index (χ4v) is 6.70. The number of thiophene rings is 1. The minimum atomic E-state index is -3.44. The van der Waals surface area contributed by atoms with Gasteiger partial charge in [-0.25, -0.2) is 8.42 Å². The Morgan fingerprint density at radius 3 is 2.31 bits per heavy atom. The summed E-state index contributed by atoms with van der Waals surface area (Å²) < 4.78 is 27.3. The highest BCUT2D eigenvalue weighted by Gasteiger charge is 2.61. The molecule has 0 spiro atoms. The van der Waals surface area contributed by atoms with Crippen molar-refractivity contribution < 1.29 is 13.2 Å². The normalized spacial score (nSPS) is 25.8. The van der Waals surface area contributed by atoms with Crippen molar-refractivity contribution in [3.8, 4) is 0 Å². The monoisotopic (exact) mass is 396 g/mol. The number of aryl methyl sites for hydroxylation is 1. The van der Waals surface area contributed by atoms with Crippen LogP contribution in [-0.4, -0.2) is 49.7 Å². The summed E-state index contributed by atoms with van der Waals surface area (Å²) in [5, 5.41) is 0. The van der Waals surface area contributed by atoms with Gasteiger partial charge in [-0.2, -0.15) is 4.31 Å². The van der Waals surface area contributed by atoms with Gasteiger partial charge >= 0.3 is 0 Å². The van der Waals surface area contributed by atoms with Gasteiger partial charge in [0.2, 0.25) is 5.91 Å². The third-order valence-corrected chi connectivity index (χ3v) is 8.92. The summed E-state index contributed by atoms with van der Waals surface area (Å²) in [7, 11) is -3.44. The van der Waals surface area contributed by atoms with Crippen LogP contribution >= 0.6 is 11.3 Å². The molecule has 1 aromatic heterocycles. The molecule has 2 aliphatic rings. The standard InChI is InChI=1S/C19H28N2O3S2/c1-13(2)12-15-17(19(15,4)5)18(22)20-8-10-21(11-9-20)26(23,24)16-7-6-14(3)25-16/h6-7,12,15,17H,8-11H2,1-5H3. The smallest absolute Gasteiger partial charge is 0.252 e. The summed E-state index contributed by atoms with van der Waals surface area (Å²) in [5.41, 5.74) is 1.23. The molecule has 1 aliphatic heterocycles. The molecule has 2 fully saturated rings. The fraction of sp³-hybridized carbons (Fsp3) is 0.632. The molecular formula is C19H28N2O3S2. The van der Waals surface area contributed by atoms with Gasteiger partial charge in [-0.3, -0.25) is 4.79 Å². The highest BCUT2D eigenvalue weighted by molar-refractivity contribution is 7.91. The van der Waals surface area contributed by atoms with Crippen molar-refractivity contribution in [2.45, 2.75) is 38.8 Å². The lowest BCUT2D eigenvalue weighted by Gasteiger charge is -2.34. The quantitative estimate of drug-likeness (QED) is 0.735. The number of amides is 1. The van der Waals surface area contributed by atoms with Crippen LogP contribution in [0.2, 0.25) is 0 Å². The average Bonchev–Trinajstić information content (AvgIpc) is 2.90. The second-order valence-corrected chi connectivity index (χ2v) is 11.6. The fourth-order valence-electron chi connectivity index (χ4n) is 3.84. The third kappa shape index (κ3) is 3.49. The van der Waals surface area contributed by atoms with Crippen molar-refractivity contribution >= 4 is 27.3 Å². The molecule has 1 amide bonds. The van der Waals surface area contributed by atoms with E-state index in [0.29, 0.717) is 30.4 Å². The number of rotatable bonds is 4. The molecule has 2 unspecified atom stereocenters. The van der Waals surface area contributed by atoms with E-state index in [1.807, 2.05) is 17.9 Å². The van der Waals surface area contributed by atoms with Gasteiger partial charge in [-0.15, -0.1) is 11.3 Å². The maximum Gasteiger partial charge on any atom is 0.252 e. The van der Waals surface area contributed by atoms with Crippen molar-refractivity contribution in [2.75, 3.05) is 26.2 Å². The molecule has 144 valence electrons. The number of hydrogen-bond acceptors (Lipinski definition) is 4. The Morgan fingerprint density at radius 2 is 1.81 bits per heavy atom. The molecule has 2 heterocycles. The minimum absolute atomic E-state index is 0.00788. The Balaban J connectivity index is 1.64. The first-order valence-electron chi connectivity index (χ1n) is 9.05. The second-order valence-electron chi connectivity index (χ2n) is 8.16. The van der Waals surface area contributed by atoms with Gasteiger partial charge in [-0.05, 0) is 44.2 Å². The van der Waals surface area contributed by atoms with E-state index in [4.69, 9.17) is 0 Å². The summed E-state index contributed by atoms with van der Waals surface area (Å²) in [6.45, 7) is 12.0. The summed E-state index contributed by atoms with van der Waals surface area (Å²) in [6, 6.07) is 3.50. The van der Waals surface area contributed by atoms with E-state index < -0.39 is 10.0 Å². The molecular weight excluding hydrogens is 368 g/mol. The summed E-state index contributed by atoms with van der Waals surface area (Å²) in [5.74, 6) is 0.470. The van der Waals surface area contributed by atoms with Gasteiger partial charge in [0.25, 0.3) is 10.0 Å². The van der Waals surface area contributed by atoms with E-state index in [9.17, 15) is 13.2 Å². The van der Waals surface area contributed by atoms with E-state index in [0.717, 1.165) is 4.88 Å². The van der Waals surface area contributed by atoms with Crippen LogP contribution in [-0.2, 0) is 14.8 Å². The van der Waals surface area contributed by atoms with Gasteiger partial charge in [0.15, 0.2) is 0 Å². The second kappa shape index (κ2) is 6.77. The van der Waals surface area contributed by atoms with Crippen molar-refractivity contribution in [3.63, 3.8) is 0 Å². The summed E-state index contributed by atoms with van der Waals surface area (Å²) in [4.78, 5) is 15.8. The zero-order valence-corrected chi connectivity index (χ0v) is 17.8. The molecule has 1 saturated carbocycles. The van der Waals surface area contributed by atoms with Crippen LogP contribution in [0.4, 0.5) is 0 Å². The van der Waals surface area contributed by atoms with Crippen molar-refractivity contribution in [2.24, 2.45) is 17.3 Å². The topological polar surface area (TPSA) is 57.7 Å². The van der Waals surface area contributed by atoms with Crippen molar-refractivity contribution in [3.05, 3.63) is 28.7 Å². The molecule has 7 heteroatoms. The van der Waals surface area contributed by atoms with Crippen LogP contribution in [0.3, 0.4) is 0 Å². The molecule has 1 aromatic rings. The Kier molecular flexibility index (Phi) is 5.09. The average molecular weight is 397 g/mol. The Labute approximate surface area is 160 Å². The zero-order valence-electron chi connectivity index (χ0n) is 16.2. The molecule has 3 rings (SSSR count). The van der Waals surface area contributed by atoms with E-state index in [1.54, 1.807) is 6.07 Å². The van der Waals surface area contributed by atoms with Crippen LogP contribution < -0.4 is 0 Å². The van der Waals surface area contributed by atoms with Crippen LogP contribution in [0, 0.1) is 24.2 Å². The van der Waals surface area contributed by atoms with Gasteiger partial charge in [-0.1, -0.05) is 25.5 Å². The molecule has 2 atom stereocenters. The summed E-state index contributed by atoms with van der Waals surface area (Å²) >= 11 is 1.30. The number of allylic oxidation sites excluding steroid dienone is 2. The highest BCUT2D eigenvalue weighted by Crippen LogP contribution is 2.60. The molecule has 0 N–H and O–H groups in total. The molecule has 0 aromatic carbocycles. The van der Waals surface area contributed by atoms with Crippen LogP contribution in [0.15, 0.2) is 28.0 Å². The molecule has 26 heavy (non-hydrogen) atoms. The minimum Gasteiger partial charge on any atom is -0.340 e. The lowest BCUT2D eigenvalue weighted by atomic mass is 10.1. The number of sulfonamides is 1. The Bertz CT molecular complexity index is 827. The van der Waals surface area contributed by atoms with Crippen LogP contribution in [0.1, 0.15) is 32.6 Å². The number of piperazine rings is 1. The zero-order chi connectivity index (χ0) is 19.3. The SMILES string of the molecule is CC(C)=CC1C(C(=O)N2CCN(S(=O)(=O)c3ccc(C)s3)CC2)C1(C)C. The van der Waals surface area contributed by atoms with E-state index in [1.165, 1.54) is 21.2 Å². The summed E-state index contributed by atoms with van der Waals surface area (Å²) in [6.07, 6.45) is 2.20. The van der Waals surface area contributed by atoms with Crippen molar-refractivity contribution in [1.29, 1.82) is 0 Å². The first-order valence-corrected chi connectivity index (χ1v) is 11.3.